The fourth-order valence-electron chi connectivity index (χ4n) is 2.06. The number of halogens is 1. The number of ether oxygens (including phenoxy) is 1. The molecule has 0 bridgehead atoms. The fraction of sp³-hybridized carbons (Fsp3) is 0.125. The van der Waals surface area contributed by atoms with Gasteiger partial charge in [-0.05, 0) is 42.5 Å². The Balaban J connectivity index is 1.71. The maximum atomic E-state index is 12.2. The number of benzene rings is 2. The molecule has 0 saturated carbocycles. The van der Waals surface area contributed by atoms with Gasteiger partial charge in [-0.2, -0.15) is 4.98 Å². The molecule has 0 unspecified atom stereocenters. The van der Waals surface area contributed by atoms with Crippen molar-refractivity contribution in [1.82, 2.24) is 14.9 Å². The molecule has 0 radical (unpaired) electrons. The average Bonchev–Trinajstić information content (AvgIpc) is 3.09. The van der Waals surface area contributed by atoms with Crippen molar-refractivity contribution in [2.75, 3.05) is 7.11 Å². The average molecular weight is 380 g/mol. The van der Waals surface area contributed by atoms with Crippen LogP contribution in [0.3, 0.4) is 0 Å². The van der Waals surface area contributed by atoms with Gasteiger partial charge < -0.3 is 9.26 Å². The first-order chi connectivity index (χ1) is 12.0. The molecule has 1 heterocycles. The van der Waals surface area contributed by atoms with Crippen molar-refractivity contribution in [2.24, 2.45) is 0 Å². The van der Waals surface area contributed by atoms with E-state index in [0.717, 1.165) is 5.56 Å². The third-order valence-electron chi connectivity index (χ3n) is 3.34. The van der Waals surface area contributed by atoms with Crippen molar-refractivity contribution in [2.45, 2.75) is 11.4 Å². The largest absolute Gasteiger partial charge is 0.497 e. The lowest BCUT2D eigenvalue weighted by Crippen LogP contribution is -2.23. The second kappa shape index (κ2) is 7.22. The van der Waals surface area contributed by atoms with Crippen molar-refractivity contribution >= 4 is 21.6 Å². The molecule has 7 nitrogen and oxygen atoms in total. The Bertz CT molecular complexity index is 971. The SMILES string of the molecule is COc1ccc(-c2noc(CNS(=O)(=O)c3cccc(Cl)c3)n2)cc1. The molecular weight excluding hydrogens is 366 g/mol. The summed E-state index contributed by atoms with van der Waals surface area (Å²) < 4.78 is 37.0. The monoisotopic (exact) mass is 379 g/mol. The first kappa shape index (κ1) is 17.4. The molecular formula is C16H14ClN3O4S. The Hall–Kier alpha value is -2.42. The van der Waals surface area contributed by atoms with Gasteiger partial charge in [0.25, 0.3) is 0 Å². The highest BCUT2D eigenvalue weighted by Crippen LogP contribution is 2.20. The first-order valence-electron chi connectivity index (χ1n) is 7.20. The quantitative estimate of drug-likeness (QED) is 0.707. The van der Waals surface area contributed by atoms with Crippen LogP contribution in [0.5, 0.6) is 5.75 Å². The van der Waals surface area contributed by atoms with Crippen LogP contribution < -0.4 is 9.46 Å². The van der Waals surface area contributed by atoms with E-state index < -0.39 is 10.0 Å². The number of aromatic nitrogens is 2. The third kappa shape index (κ3) is 4.16. The van der Waals surface area contributed by atoms with Crippen molar-refractivity contribution in [3.05, 3.63) is 59.4 Å². The van der Waals surface area contributed by atoms with Crippen LogP contribution in [0.25, 0.3) is 11.4 Å². The number of rotatable bonds is 6. The fourth-order valence-corrected chi connectivity index (χ4v) is 3.33. The summed E-state index contributed by atoms with van der Waals surface area (Å²) in [6, 6.07) is 13.1. The topological polar surface area (TPSA) is 94.3 Å². The van der Waals surface area contributed by atoms with E-state index in [1.165, 1.54) is 12.1 Å². The predicted octanol–water partition coefficient (Wildman–Crippen LogP) is 2.88. The van der Waals surface area contributed by atoms with Crippen LogP contribution in [0.4, 0.5) is 0 Å². The van der Waals surface area contributed by atoms with Gasteiger partial charge in [0.1, 0.15) is 5.75 Å². The summed E-state index contributed by atoms with van der Waals surface area (Å²) in [6.07, 6.45) is 0. The van der Waals surface area contributed by atoms with Crippen LogP contribution in [0.1, 0.15) is 5.89 Å². The number of hydrogen-bond acceptors (Lipinski definition) is 6. The maximum Gasteiger partial charge on any atom is 0.242 e. The lowest BCUT2D eigenvalue weighted by molar-refractivity contribution is 0.376. The predicted molar refractivity (Wildman–Crippen MR) is 91.8 cm³/mol. The molecule has 0 fully saturated rings. The lowest BCUT2D eigenvalue weighted by Gasteiger charge is -2.04. The van der Waals surface area contributed by atoms with Gasteiger partial charge in [0.05, 0.1) is 18.6 Å². The molecule has 2 aromatic carbocycles. The van der Waals surface area contributed by atoms with Crippen LogP contribution in [0.15, 0.2) is 57.9 Å². The maximum absolute atomic E-state index is 12.2. The number of methoxy groups -OCH3 is 1. The molecule has 1 N–H and O–H groups in total. The molecule has 0 spiro atoms. The van der Waals surface area contributed by atoms with Crippen LogP contribution in [0, 0.1) is 0 Å². The zero-order valence-corrected chi connectivity index (χ0v) is 14.7. The van der Waals surface area contributed by atoms with Crippen LogP contribution in [-0.4, -0.2) is 25.7 Å². The summed E-state index contributed by atoms with van der Waals surface area (Å²) in [5.41, 5.74) is 0.730. The van der Waals surface area contributed by atoms with Gasteiger partial charge in [0, 0.05) is 10.6 Å². The normalized spacial score (nSPS) is 11.4. The molecule has 1 aromatic heterocycles. The molecule has 0 atom stereocenters. The van der Waals surface area contributed by atoms with Gasteiger partial charge in [-0.25, -0.2) is 13.1 Å². The summed E-state index contributed by atoms with van der Waals surface area (Å²) >= 11 is 5.82. The van der Waals surface area contributed by atoms with Crippen molar-refractivity contribution in [3.63, 3.8) is 0 Å². The molecule has 3 rings (SSSR count). The minimum atomic E-state index is -3.72. The van der Waals surface area contributed by atoms with Crippen LogP contribution in [-0.2, 0) is 16.6 Å². The molecule has 3 aromatic rings. The molecule has 9 heteroatoms. The van der Waals surface area contributed by atoms with Gasteiger partial charge in [-0.1, -0.05) is 22.8 Å². The minimum Gasteiger partial charge on any atom is -0.497 e. The highest BCUT2D eigenvalue weighted by molar-refractivity contribution is 7.89. The number of nitrogens with one attached hydrogen (secondary N) is 1. The van der Waals surface area contributed by atoms with E-state index in [9.17, 15) is 8.42 Å². The minimum absolute atomic E-state index is 0.0647. The lowest BCUT2D eigenvalue weighted by atomic mass is 10.2. The molecule has 25 heavy (non-hydrogen) atoms. The molecule has 0 aliphatic heterocycles. The summed E-state index contributed by atoms with van der Waals surface area (Å²) in [5, 5.41) is 4.18. The number of sulfonamides is 1. The molecule has 0 saturated heterocycles. The van der Waals surface area contributed by atoms with E-state index in [-0.39, 0.29) is 17.3 Å². The van der Waals surface area contributed by atoms with E-state index in [2.05, 4.69) is 14.9 Å². The van der Waals surface area contributed by atoms with E-state index in [0.29, 0.717) is 16.6 Å². The van der Waals surface area contributed by atoms with Gasteiger partial charge in [0.15, 0.2) is 0 Å². The van der Waals surface area contributed by atoms with E-state index in [1.807, 2.05) is 0 Å². The number of nitrogens with zero attached hydrogens (tertiary/aromatic N) is 2. The zero-order valence-electron chi connectivity index (χ0n) is 13.1. The Morgan fingerprint density at radius 3 is 2.64 bits per heavy atom. The highest BCUT2D eigenvalue weighted by atomic mass is 35.5. The van der Waals surface area contributed by atoms with Gasteiger partial charge in [-0.3, -0.25) is 0 Å². The van der Waals surface area contributed by atoms with Crippen LogP contribution in [0.2, 0.25) is 5.02 Å². The van der Waals surface area contributed by atoms with Crippen molar-refractivity contribution in [1.29, 1.82) is 0 Å². The standard InChI is InChI=1S/C16H14ClN3O4S/c1-23-13-7-5-11(6-8-13)16-19-15(24-20-16)10-18-25(21,22)14-4-2-3-12(17)9-14/h2-9,18H,10H2,1H3. The Morgan fingerprint density at radius 1 is 1.20 bits per heavy atom. The van der Waals surface area contributed by atoms with E-state index in [1.54, 1.807) is 43.5 Å². The van der Waals surface area contributed by atoms with Crippen LogP contribution >= 0.6 is 11.6 Å². The summed E-state index contributed by atoms with van der Waals surface area (Å²) in [5.74, 6) is 1.22. The number of hydrogen-bond donors (Lipinski definition) is 1. The van der Waals surface area contributed by atoms with E-state index in [4.69, 9.17) is 20.9 Å². The van der Waals surface area contributed by atoms with Gasteiger partial charge in [-0.15, -0.1) is 0 Å². The molecule has 0 aliphatic rings. The molecule has 0 aliphatic carbocycles. The molecule has 0 amide bonds. The molecule has 130 valence electrons. The first-order valence-corrected chi connectivity index (χ1v) is 9.06. The summed E-state index contributed by atoms with van der Waals surface area (Å²) in [6.45, 7) is -0.127. The smallest absolute Gasteiger partial charge is 0.242 e. The zero-order chi connectivity index (χ0) is 17.9. The van der Waals surface area contributed by atoms with E-state index >= 15 is 0 Å². The second-order valence-electron chi connectivity index (χ2n) is 5.02. The highest BCUT2D eigenvalue weighted by Gasteiger charge is 2.16. The Morgan fingerprint density at radius 2 is 1.96 bits per heavy atom. The Kier molecular flexibility index (Phi) is 5.03. The summed E-state index contributed by atoms with van der Waals surface area (Å²) in [4.78, 5) is 4.24. The van der Waals surface area contributed by atoms with Crippen molar-refractivity contribution < 1.29 is 17.7 Å². The van der Waals surface area contributed by atoms with Gasteiger partial charge >= 0.3 is 0 Å². The van der Waals surface area contributed by atoms with Gasteiger partial charge in [0.2, 0.25) is 21.7 Å². The second-order valence-corrected chi connectivity index (χ2v) is 7.23. The van der Waals surface area contributed by atoms with Crippen molar-refractivity contribution in [3.8, 4) is 17.1 Å². The summed E-state index contributed by atoms with van der Waals surface area (Å²) in [7, 11) is -2.15. The Labute approximate surface area is 149 Å². The third-order valence-corrected chi connectivity index (χ3v) is 4.97.